The van der Waals surface area contributed by atoms with Gasteiger partial charge in [0.05, 0.1) is 29.4 Å². The number of aromatic nitrogens is 2. The Labute approximate surface area is 92.8 Å². The molecule has 1 aliphatic heterocycles. The fourth-order valence-electron chi connectivity index (χ4n) is 1.97. The molecule has 0 amide bonds. The van der Waals surface area contributed by atoms with Crippen LogP contribution in [0, 0.1) is 6.92 Å². The lowest BCUT2D eigenvalue weighted by Gasteiger charge is -2.10. The average Bonchev–Trinajstić information content (AvgIpc) is 2.69. The molecule has 1 atom stereocenters. The fraction of sp³-hybridized carbons (Fsp3) is 0.556. The van der Waals surface area contributed by atoms with Crippen LogP contribution in [0.1, 0.15) is 28.5 Å². The highest BCUT2D eigenvalue weighted by atomic mass is 32.2. The van der Waals surface area contributed by atoms with Gasteiger partial charge in [0.25, 0.3) is 0 Å². The molecule has 1 aliphatic rings. The largest absolute Gasteiger partial charge is 0.478 e. The maximum absolute atomic E-state index is 11.3. The molecule has 1 aromatic rings. The minimum atomic E-state index is -2.98. The number of carbonyl (C=O) groups is 1. The number of carboxylic acid groups (broad SMARTS) is 1. The molecule has 7 heteroatoms. The molecule has 1 unspecified atom stereocenters. The van der Waals surface area contributed by atoms with Gasteiger partial charge in [0.1, 0.15) is 5.56 Å². The highest BCUT2D eigenvalue weighted by Gasteiger charge is 2.31. The summed E-state index contributed by atoms with van der Waals surface area (Å²) in [5.74, 6) is -0.835. The van der Waals surface area contributed by atoms with Crippen LogP contribution in [0.4, 0.5) is 0 Å². The van der Waals surface area contributed by atoms with Crippen molar-refractivity contribution >= 4 is 15.8 Å². The Morgan fingerprint density at radius 3 is 2.75 bits per heavy atom. The molecule has 2 rings (SSSR count). The van der Waals surface area contributed by atoms with Gasteiger partial charge in [-0.05, 0) is 13.3 Å². The van der Waals surface area contributed by atoms with Crippen LogP contribution in [0.5, 0.6) is 0 Å². The third-order valence-corrected chi connectivity index (χ3v) is 4.58. The monoisotopic (exact) mass is 244 g/mol. The molecule has 6 nitrogen and oxygen atoms in total. The molecular weight excluding hydrogens is 232 g/mol. The van der Waals surface area contributed by atoms with Gasteiger partial charge in [-0.15, -0.1) is 0 Å². The number of sulfone groups is 1. The van der Waals surface area contributed by atoms with Crippen LogP contribution in [0.25, 0.3) is 0 Å². The lowest BCUT2D eigenvalue weighted by Crippen LogP contribution is -2.14. The maximum atomic E-state index is 11.3. The van der Waals surface area contributed by atoms with E-state index in [2.05, 4.69) is 5.10 Å². The summed E-state index contributed by atoms with van der Waals surface area (Å²) >= 11 is 0. The highest BCUT2D eigenvalue weighted by molar-refractivity contribution is 7.91. The summed E-state index contributed by atoms with van der Waals surface area (Å²) in [6.07, 6.45) is 1.77. The van der Waals surface area contributed by atoms with E-state index in [4.69, 9.17) is 5.11 Å². The van der Waals surface area contributed by atoms with E-state index >= 15 is 0 Å². The van der Waals surface area contributed by atoms with Crippen molar-refractivity contribution in [2.24, 2.45) is 0 Å². The lowest BCUT2D eigenvalue weighted by atomic mass is 10.2. The van der Waals surface area contributed by atoms with Crippen LogP contribution in [0.2, 0.25) is 0 Å². The maximum Gasteiger partial charge on any atom is 0.339 e. The molecule has 1 fully saturated rings. The summed E-state index contributed by atoms with van der Waals surface area (Å²) in [4.78, 5) is 10.8. The minimum Gasteiger partial charge on any atom is -0.478 e. The van der Waals surface area contributed by atoms with Gasteiger partial charge < -0.3 is 5.11 Å². The SMILES string of the molecule is Cc1c(C(=O)O)cnn1C1CCS(=O)(=O)C1. The molecule has 16 heavy (non-hydrogen) atoms. The predicted molar refractivity (Wildman–Crippen MR) is 56.2 cm³/mol. The van der Waals surface area contributed by atoms with Gasteiger partial charge in [0.2, 0.25) is 0 Å². The normalized spacial score (nSPS) is 23.4. The zero-order valence-corrected chi connectivity index (χ0v) is 9.57. The van der Waals surface area contributed by atoms with Gasteiger partial charge in [-0.25, -0.2) is 13.2 Å². The highest BCUT2D eigenvalue weighted by Crippen LogP contribution is 2.25. The Morgan fingerprint density at radius 1 is 1.62 bits per heavy atom. The van der Waals surface area contributed by atoms with Crippen molar-refractivity contribution < 1.29 is 18.3 Å². The molecule has 0 saturated carbocycles. The van der Waals surface area contributed by atoms with Crippen LogP contribution in [0.3, 0.4) is 0 Å². The van der Waals surface area contributed by atoms with E-state index in [0.717, 1.165) is 0 Å². The van der Waals surface area contributed by atoms with Crippen molar-refractivity contribution in [1.82, 2.24) is 9.78 Å². The first-order valence-electron chi connectivity index (χ1n) is 4.88. The first kappa shape index (κ1) is 11.1. The van der Waals surface area contributed by atoms with Crippen molar-refractivity contribution in [3.63, 3.8) is 0 Å². The van der Waals surface area contributed by atoms with Gasteiger partial charge in [0, 0.05) is 0 Å². The second-order valence-corrected chi connectivity index (χ2v) is 6.18. The van der Waals surface area contributed by atoms with Crippen molar-refractivity contribution in [3.05, 3.63) is 17.5 Å². The zero-order chi connectivity index (χ0) is 11.9. The van der Waals surface area contributed by atoms with Crippen molar-refractivity contribution in [1.29, 1.82) is 0 Å². The summed E-state index contributed by atoms with van der Waals surface area (Å²) in [6, 6.07) is -0.224. The molecule has 2 heterocycles. The van der Waals surface area contributed by atoms with E-state index in [1.165, 1.54) is 10.9 Å². The molecule has 0 aliphatic carbocycles. The van der Waals surface area contributed by atoms with Crippen molar-refractivity contribution in [2.45, 2.75) is 19.4 Å². The summed E-state index contributed by atoms with van der Waals surface area (Å²) in [7, 11) is -2.98. The van der Waals surface area contributed by atoms with E-state index in [-0.39, 0.29) is 23.1 Å². The van der Waals surface area contributed by atoms with Crippen LogP contribution >= 0.6 is 0 Å². The van der Waals surface area contributed by atoms with Crippen molar-refractivity contribution in [2.75, 3.05) is 11.5 Å². The van der Waals surface area contributed by atoms with Crippen LogP contribution in [-0.4, -0.2) is 40.8 Å². The number of rotatable bonds is 2. The third kappa shape index (κ3) is 1.82. The summed E-state index contributed by atoms with van der Waals surface area (Å²) < 4.78 is 24.1. The second-order valence-electron chi connectivity index (χ2n) is 3.95. The van der Waals surface area contributed by atoms with Gasteiger partial charge in [0.15, 0.2) is 9.84 Å². The third-order valence-electron chi connectivity index (χ3n) is 2.83. The Morgan fingerprint density at radius 2 is 2.31 bits per heavy atom. The molecular formula is C9H12N2O4S. The Balaban J connectivity index is 2.33. The Bertz CT molecular complexity index is 532. The smallest absolute Gasteiger partial charge is 0.339 e. The van der Waals surface area contributed by atoms with Crippen LogP contribution in [0.15, 0.2) is 6.20 Å². The fourth-order valence-corrected chi connectivity index (χ4v) is 3.66. The Hall–Kier alpha value is -1.37. The number of carboxylic acids is 1. The molecule has 0 aromatic carbocycles. The molecule has 0 spiro atoms. The van der Waals surface area contributed by atoms with E-state index in [9.17, 15) is 13.2 Å². The van der Waals surface area contributed by atoms with Crippen LogP contribution < -0.4 is 0 Å². The van der Waals surface area contributed by atoms with E-state index < -0.39 is 15.8 Å². The predicted octanol–water partition coefficient (Wildman–Crippen LogP) is 0.249. The van der Waals surface area contributed by atoms with Gasteiger partial charge in [-0.3, -0.25) is 4.68 Å². The van der Waals surface area contributed by atoms with Gasteiger partial charge in [-0.2, -0.15) is 5.10 Å². The molecule has 1 aromatic heterocycles. The molecule has 88 valence electrons. The standard InChI is InChI=1S/C9H12N2O4S/c1-6-8(9(12)13)4-10-11(6)7-2-3-16(14,15)5-7/h4,7H,2-3,5H2,1H3,(H,12,13). The van der Waals surface area contributed by atoms with Gasteiger partial charge >= 0.3 is 5.97 Å². The second kappa shape index (κ2) is 3.58. The number of hydrogen-bond acceptors (Lipinski definition) is 4. The molecule has 1 N–H and O–H groups in total. The number of aromatic carboxylic acids is 1. The molecule has 1 saturated heterocycles. The van der Waals surface area contributed by atoms with E-state index in [0.29, 0.717) is 12.1 Å². The average molecular weight is 244 g/mol. The summed E-state index contributed by atoms with van der Waals surface area (Å²) in [6.45, 7) is 1.64. The lowest BCUT2D eigenvalue weighted by molar-refractivity contribution is 0.0696. The zero-order valence-electron chi connectivity index (χ0n) is 8.75. The summed E-state index contributed by atoms with van der Waals surface area (Å²) in [5, 5.41) is 12.8. The minimum absolute atomic E-state index is 0.0502. The number of nitrogens with zero attached hydrogens (tertiary/aromatic N) is 2. The Kier molecular flexibility index (Phi) is 2.49. The first-order chi connectivity index (χ1) is 7.41. The molecule has 0 radical (unpaired) electrons. The topological polar surface area (TPSA) is 89.3 Å². The van der Waals surface area contributed by atoms with Gasteiger partial charge in [-0.1, -0.05) is 0 Å². The first-order valence-corrected chi connectivity index (χ1v) is 6.70. The molecule has 0 bridgehead atoms. The van der Waals surface area contributed by atoms with E-state index in [1.807, 2.05) is 0 Å². The van der Waals surface area contributed by atoms with Crippen LogP contribution in [-0.2, 0) is 9.84 Å². The van der Waals surface area contributed by atoms with E-state index in [1.54, 1.807) is 6.92 Å². The quantitative estimate of drug-likeness (QED) is 0.805. The van der Waals surface area contributed by atoms with Crippen molar-refractivity contribution in [3.8, 4) is 0 Å². The summed E-state index contributed by atoms with van der Waals surface area (Å²) in [5.41, 5.74) is 0.638. The number of hydrogen-bond donors (Lipinski definition) is 1.